The van der Waals surface area contributed by atoms with Crippen LogP contribution in [0.1, 0.15) is 55.5 Å². The van der Waals surface area contributed by atoms with E-state index in [9.17, 15) is 0 Å². The smallest absolute Gasteiger partial charge is 0.176 e. The number of hydrogen-bond acceptors (Lipinski definition) is 3. The van der Waals surface area contributed by atoms with E-state index in [-0.39, 0.29) is 12.3 Å². The first kappa shape index (κ1) is 18.1. The number of ether oxygens (including phenoxy) is 2. The van der Waals surface area contributed by atoms with Crippen molar-refractivity contribution in [2.24, 2.45) is 0 Å². The maximum absolute atomic E-state index is 5.84. The van der Waals surface area contributed by atoms with Crippen molar-refractivity contribution < 1.29 is 9.47 Å². The van der Waals surface area contributed by atoms with Crippen LogP contribution in [0.25, 0.3) is 0 Å². The Bertz CT molecular complexity index is 425. The Morgan fingerprint density at radius 1 is 0.905 bits per heavy atom. The molecule has 1 aromatic carbocycles. The van der Waals surface area contributed by atoms with Gasteiger partial charge in [0.05, 0.1) is 6.04 Å². The van der Waals surface area contributed by atoms with Crippen LogP contribution in [0.2, 0.25) is 0 Å². The summed E-state index contributed by atoms with van der Waals surface area (Å²) in [5, 5.41) is 3.59. The van der Waals surface area contributed by atoms with Gasteiger partial charge in [-0.05, 0) is 69.8 Å². The fraction of sp³-hybridized carbons (Fsp3) is 0.667. The van der Waals surface area contributed by atoms with Gasteiger partial charge >= 0.3 is 0 Å². The van der Waals surface area contributed by atoms with Crippen LogP contribution in [0, 0.1) is 20.8 Å². The predicted molar refractivity (Wildman–Crippen MR) is 88.7 cm³/mol. The van der Waals surface area contributed by atoms with Crippen LogP contribution in [-0.2, 0) is 9.47 Å². The Labute approximate surface area is 130 Å². The minimum atomic E-state index is -0.243. The van der Waals surface area contributed by atoms with Gasteiger partial charge < -0.3 is 14.8 Å². The molecule has 0 aliphatic carbocycles. The first-order valence-corrected chi connectivity index (χ1v) is 8.09. The second kappa shape index (κ2) is 9.19. The molecule has 1 N–H and O–H groups in total. The maximum atomic E-state index is 5.84. The lowest BCUT2D eigenvalue weighted by Gasteiger charge is -2.29. The number of rotatable bonds is 9. The van der Waals surface area contributed by atoms with Crippen molar-refractivity contribution in [2.75, 3.05) is 19.8 Å². The largest absolute Gasteiger partial charge is 0.351 e. The van der Waals surface area contributed by atoms with Crippen molar-refractivity contribution in [3.63, 3.8) is 0 Å². The van der Waals surface area contributed by atoms with Crippen molar-refractivity contribution in [3.05, 3.63) is 34.4 Å². The fourth-order valence-electron chi connectivity index (χ4n) is 2.54. The van der Waals surface area contributed by atoms with Crippen LogP contribution >= 0.6 is 0 Å². The summed E-state index contributed by atoms with van der Waals surface area (Å²) in [6, 6.07) is 4.59. The summed E-state index contributed by atoms with van der Waals surface area (Å²) >= 11 is 0. The van der Waals surface area contributed by atoms with E-state index in [4.69, 9.17) is 9.47 Å². The molecule has 1 unspecified atom stereocenters. The molecule has 0 radical (unpaired) electrons. The minimum Gasteiger partial charge on any atom is -0.351 e. The van der Waals surface area contributed by atoms with Gasteiger partial charge in [0.15, 0.2) is 6.29 Å². The Morgan fingerprint density at radius 3 is 2.00 bits per heavy atom. The molecule has 0 aliphatic rings. The van der Waals surface area contributed by atoms with Gasteiger partial charge in [-0.15, -0.1) is 0 Å². The van der Waals surface area contributed by atoms with Crippen molar-refractivity contribution >= 4 is 0 Å². The van der Waals surface area contributed by atoms with Crippen LogP contribution in [0.4, 0.5) is 0 Å². The molecule has 0 bridgehead atoms. The van der Waals surface area contributed by atoms with Gasteiger partial charge in [0.1, 0.15) is 0 Å². The van der Waals surface area contributed by atoms with E-state index in [0.29, 0.717) is 13.2 Å². The van der Waals surface area contributed by atoms with E-state index in [2.05, 4.69) is 45.1 Å². The zero-order valence-electron chi connectivity index (χ0n) is 14.5. The lowest BCUT2D eigenvalue weighted by atomic mass is 9.95. The molecule has 0 amide bonds. The van der Waals surface area contributed by atoms with E-state index >= 15 is 0 Å². The zero-order valence-corrected chi connectivity index (χ0v) is 14.5. The van der Waals surface area contributed by atoms with E-state index in [1.165, 1.54) is 22.3 Å². The zero-order chi connectivity index (χ0) is 15.8. The van der Waals surface area contributed by atoms with Crippen LogP contribution in [-0.4, -0.2) is 26.0 Å². The first-order chi connectivity index (χ1) is 10.0. The van der Waals surface area contributed by atoms with Gasteiger partial charge in [-0.2, -0.15) is 0 Å². The Hall–Kier alpha value is -0.900. The first-order valence-electron chi connectivity index (χ1n) is 8.09. The fourth-order valence-corrected chi connectivity index (χ4v) is 2.54. The van der Waals surface area contributed by atoms with Gasteiger partial charge in [-0.25, -0.2) is 0 Å². The number of nitrogens with one attached hydrogen (secondary N) is 1. The number of hydrogen-bond donors (Lipinski definition) is 1. The third-order valence-electron chi connectivity index (χ3n) is 3.77. The summed E-state index contributed by atoms with van der Waals surface area (Å²) in [5.41, 5.74) is 5.20. The van der Waals surface area contributed by atoms with Crippen LogP contribution in [0.15, 0.2) is 12.1 Å². The van der Waals surface area contributed by atoms with Gasteiger partial charge in [0, 0.05) is 13.2 Å². The molecule has 0 aliphatic heterocycles. The molecule has 3 nitrogen and oxygen atoms in total. The van der Waals surface area contributed by atoms with Gasteiger partial charge in [0.25, 0.3) is 0 Å². The van der Waals surface area contributed by atoms with Crippen LogP contribution < -0.4 is 5.32 Å². The highest BCUT2D eigenvalue weighted by Gasteiger charge is 2.25. The standard InChI is InChI=1S/C18H31NO2/c1-7-10-19-17(18(20-8-2)21-9-3)16-12-14(5)13(4)11-15(16)6/h11-12,17-19H,7-10H2,1-6H3. The predicted octanol–water partition coefficient (Wildman–Crippen LogP) is 4.05. The maximum Gasteiger partial charge on any atom is 0.176 e. The molecule has 0 aromatic heterocycles. The Kier molecular flexibility index (Phi) is 7.94. The number of aryl methyl sites for hydroxylation is 3. The van der Waals surface area contributed by atoms with Gasteiger partial charge in [-0.3, -0.25) is 0 Å². The second-order valence-corrected chi connectivity index (χ2v) is 5.50. The number of benzene rings is 1. The molecule has 0 saturated heterocycles. The summed E-state index contributed by atoms with van der Waals surface area (Å²) in [7, 11) is 0. The molecular formula is C18H31NO2. The monoisotopic (exact) mass is 293 g/mol. The summed E-state index contributed by atoms with van der Waals surface area (Å²) < 4.78 is 11.7. The van der Waals surface area contributed by atoms with E-state index in [1.54, 1.807) is 0 Å². The topological polar surface area (TPSA) is 30.5 Å². The SMILES string of the molecule is CCCNC(c1cc(C)c(C)cc1C)C(OCC)OCC. The highest BCUT2D eigenvalue weighted by atomic mass is 16.7. The highest BCUT2D eigenvalue weighted by molar-refractivity contribution is 5.38. The van der Waals surface area contributed by atoms with Crippen LogP contribution in [0.5, 0.6) is 0 Å². The molecule has 120 valence electrons. The second-order valence-electron chi connectivity index (χ2n) is 5.50. The highest BCUT2D eigenvalue weighted by Crippen LogP contribution is 2.26. The third-order valence-corrected chi connectivity index (χ3v) is 3.77. The van der Waals surface area contributed by atoms with E-state index < -0.39 is 0 Å². The molecule has 0 heterocycles. The van der Waals surface area contributed by atoms with Gasteiger partial charge in [0.2, 0.25) is 0 Å². The molecule has 0 spiro atoms. The molecule has 0 saturated carbocycles. The lowest BCUT2D eigenvalue weighted by Crippen LogP contribution is -2.37. The van der Waals surface area contributed by atoms with Crippen molar-refractivity contribution in [2.45, 2.75) is 60.3 Å². The normalized spacial score (nSPS) is 12.9. The average Bonchev–Trinajstić information content (AvgIpc) is 2.44. The Morgan fingerprint density at radius 2 is 1.48 bits per heavy atom. The van der Waals surface area contributed by atoms with E-state index in [0.717, 1.165) is 13.0 Å². The lowest BCUT2D eigenvalue weighted by molar-refractivity contribution is -0.155. The molecule has 0 fully saturated rings. The molecule has 21 heavy (non-hydrogen) atoms. The van der Waals surface area contributed by atoms with Crippen molar-refractivity contribution in [1.29, 1.82) is 0 Å². The molecule has 1 atom stereocenters. The summed E-state index contributed by atoms with van der Waals surface area (Å²) in [4.78, 5) is 0. The minimum absolute atomic E-state index is 0.0733. The van der Waals surface area contributed by atoms with Crippen molar-refractivity contribution in [3.8, 4) is 0 Å². The molecule has 1 aromatic rings. The molecule has 3 heteroatoms. The summed E-state index contributed by atoms with van der Waals surface area (Å²) in [6.45, 7) is 14.9. The summed E-state index contributed by atoms with van der Waals surface area (Å²) in [6.07, 6.45) is 0.845. The van der Waals surface area contributed by atoms with Crippen LogP contribution in [0.3, 0.4) is 0 Å². The molecule has 1 rings (SSSR count). The molecular weight excluding hydrogens is 262 g/mol. The van der Waals surface area contributed by atoms with Gasteiger partial charge in [-0.1, -0.05) is 19.1 Å². The quantitative estimate of drug-likeness (QED) is 0.697. The van der Waals surface area contributed by atoms with E-state index in [1.807, 2.05) is 13.8 Å². The Balaban J connectivity index is 3.13. The third kappa shape index (κ3) is 5.10. The summed E-state index contributed by atoms with van der Waals surface area (Å²) in [5.74, 6) is 0. The van der Waals surface area contributed by atoms with Crippen molar-refractivity contribution in [1.82, 2.24) is 5.32 Å². The average molecular weight is 293 g/mol.